The van der Waals surface area contributed by atoms with Crippen molar-refractivity contribution in [2.75, 3.05) is 11.4 Å². The SMILES string of the molecule is N#Cc1ccncc1N1CCc2sccc2C1. The Bertz CT molecular complexity index is 582. The van der Waals surface area contributed by atoms with Crippen LogP contribution >= 0.6 is 11.3 Å². The molecule has 0 saturated carbocycles. The first kappa shape index (κ1) is 10.3. The van der Waals surface area contributed by atoms with Crippen molar-refractivity contribution < 1.29 is 0 Å². The van der Waals surface area contributed by atoms with Crippen LogP contribution in [0.5, 0.6) is 0 Å². The zero-order valence-electron chi connectivity index (χ0n) is 9.26. The lowest BCUT2D eigenvalue weighted by molar-refractivity contribution is 0.741. The van der Waals surface area contributed by atoms with Gasteiger partial charge >= 0.3 is 0 Å². The zero-order valence-corrected chi connectivity index (χ0v) is 10.1. The fourth-order valence-electron chi connectivity index (χ4n) is 2.19. The van der Waals surface area contributed by atoms with Gasteiger partial charge < -0.3 is 4.90 Å². The van der Waals surface area contributed by atoms with Gasteiger partial charge in [0.25, 0.3) is 0 Å². The number of hydrogen-bond acceptors (Lipinski definition) is 4. The highest BCUT2D eigenvalue weighted by Crippen LogP contribution is 2.28. The third-order valence-electron chi connectivity index (χ3n) is 3.07. The Hall–Kier alpha value is -1.86. The highest BCUT2D eigenvalue weighted by molar-refractivity contribution is 7.10. The summed E-state index contributed by atoms with van der Waals surface area (Å²) in [5.74, 6) is 0. The van der Waals surface area contributed by atoms with Gasteiger partial charge in [0.2, 0.25) is 0 Å². The average Bonchev–Trinajstić information content (AvgIpc) is 2.85. The van der Waals surface area contributed by atoms with E-state index in [1.54, 1.807) is 18.5 Å². The largest absolute Gasteiger partial charge is 0.364 e. The van der Waals surface area contributed by atoms with Gasteiger partial charge in [0.05, 0.1) is 17.4 Å². The molecule has 0 spiro atoms. The maximum Gasteiger partial charge on any atom is 0.101 e. The minimum atomic E-state index is 0.707. The molecule has 0 fully saturated rings. The molecule has 0 N–H and O–H groups in total. The van der Waals surface area contributed by atoms with E-state index in [0.717, 1.165) is 25.2 Å². The third kappa shape index (κ3) is 1.79. The fourth-order valence-corrected chi connectivity index (χ4v) is 3.08. The van der Waals surface area contributed by atoms with E-state index in [2.05, 4.69) is 27.4 Å². The van der Waals surface area contributed by atoms with Crippen molar-refractivity contribution in [2.24, 2.45) is 0 Å². The van der Waals surface area contributed by atoms with Crippen LogP contribution < -0.4 is 4.90 Å². The molecule has 3 nitrogen and oxygen atoms in total. The smallest absolute Gasteiger partial charge is 0.101 e. The molecule has 1 aliphatic rings. The fraction of sp³-hybridized carbons (Fsp3) is 0.231. The minimum Gasteiger partial charge on any atom is -0.364 e. The molecule has 3 heterocycles. The molecule has 1 aliphatic heterocycles. The van der Waals surface area contributed by atoms with E-state index in [1.165, 1.54) is 10.4 Å². The van der Waals surface area contributed by atoms with E-state index in [4.69, 9.17) is 5.26 Å². The van der Waals surface area contributed by atoms with Crippen molar-refractivity contribution in [1.82, 2.24) is 4.98 Å². The summed E-state index contributed by atoms with van der Waals surface area (Å²) in [6, 6.07) is 6.18. The molecule has 0 unspecified atom stereocenters. The molecule has 0 bridgehead atoms. The lowest BCUT2D eigenvalue weighted by Gasteiger charge is -2.29. The number of thiophene rings is 1. The maximum atomic E-state index is 9.10. The van der Waals surface area contributed by atoms with Crippen molar-refractivity contribution >= 4 is 17.0 Å². The second-order valence-corrected chi connectivity index (χ2v) is 5.05. The van der Waals surface area contributed by atoms with Gasteiger partial charge in [-0.25, -0.2) is 0 Å². The summed E-state index contributed by atoms with van der Waals surface area (Å²) in [5.41, 5.74) is 3.04. The molecule has 17 heavy (non-hydrogen) atoms. The monoisotopic (exact) mass is 241 g/mol. The first-order valence-corrected chi connectivity index (χ1v) is 6.41. The number of aromatic nitrogens is 1. The quantitative estimate of drug-likeness (QED) is 0.770. The Morgan fingerprint density at radius 1 is 1.41 bits per heavy atom. The Kier molecular flexibility index (Phi) is 2.54. The van der Waals surface area contributed by atoms with Crippen molar-refractivity contribution in [3.8, 4) is 6.07 Å². The van der Waals surface area contributed by atoms with Crippen LogP contribution in [0.25, 0.3) is 0 Å². The van der Waals surface area contributed by atoms with Crippen molar-refractivity contribution in [3.63, 3.8) is 0 Å². The average molecular weight is 241 g/mol. The van der Waals surface area contributed by atoms with Gasteiger partial charge in [-0.05, 0) is 29.5 Å². The molecule has 3 rings (SSSR count). The van der Waals surface area contributed by atoms with E-state index in [9.17, 15) is 0 Å². The maximum absolute atomic E-state index is 9.10. The second-order valence-electron chi connectivity index (χ2n) is 4.05. The van der Waals surface area contributed by atoms with Gasteiger partial charge in [0.15, 0.2) is 0 Å². The molecule has 4 heteroatoms. The van der Waals surface area contributed by atoms with Gasteiger partial charge in [0, 0.05) is 24.2 Å². The van der Waals surface area contributed by atoms with Gasteiger partial charge in [-0.1, -0.05) is 0 Å². The second kappa shape index (κ2) is 4.19. The first-order chi connectivity index (χ1) is 8.38. The van der Waals surface area contributed by atoms with Crippen LogP contribution in [0, 0.1) is 11.3 Å². The molecule has 0 amide bonds. The number of hydrogen-bond donors (Lipinski definition) is 0. The van der Waals surface area contributed by atoms with E-state index in [0.29, 0.717) is 5.56 Å². The molecule has 2 aromatic rings. The lowest BCUT2D eigenvalue weighted by Crippen LogP contribution is -2.30. The standard InChI is InChI=1S/C13H11N3S/c14-7-10-1-4-15-8-12(10)16-5-2-13-11(9-16)3-6-17-13/h1,3-4,6,8H,2,5,9H2. The van der Waals surface area contributed by atoms with Crippen molar-refractivity contribution in [3.05, 3.63) is 45.9 Å². The zero-order chi connectivity index (χ0) is 11.7. The van der Waals surface area contributed by atoms with Crippen molar-refractivity contribution in [1.29, 1.82) is 5.26 Å². The molecular formula is C13H11N3S. The van der Waals surface area contributed by atoms with E-state index >= 15 is 0 Å². The number of pyridine rings is 1. The lowest BCUT2D eigenvalue weighted by atomic mass is 10.1. The molecule has 84 valence electrons. The van der Waals surface area contributed by atoms with Crippen molar-refractivity contribution in [2.45, 2.75) is 13.0 Å². The van der Waals surface area contributed by atoms with E-state index < -0.39 is 0 Å². The summed E-state index contributed by atoms with van der Waals surface area (Å²) in [5, 5.41) is 11.2. The van der Waals surface area contributed by atoms with Crippen LogP contribution in [0.3, 0.4) is 0 Å². The van der Waals surface area contributed by atoms with Crippen LogP contribution in [-0.4, -0.2) is 11.5 Å². The van der Waals surface area contributed by atoms with Gasteiger partial charge in [-0.15, -0.1) is 11.3 Å². The molecule has 0 atom stereocenters. The Labute approximate surface area is 104 Å². The van der Waals surface area contributed by atoms with Crippen LogP contribution in [0.2, 0.25) is 0 Å². The molecule has 0 aromatic carbocycles. The molecule has 0 radical (unpaired) electrons. The Balaban J connectivity index is 1.95. The van der Waals surface area contributed by atoms with Gasteiger partial charge in [0.1, 0.15) is 6.07 Å². The summed E-state index contributed by atoms with van der Waals surface area (Å²) in [6.45, 7) is 1.85. The number of rotatable bonds is 1. The van der Waals surface area contributed by atoms with Crippen LogP contribution in [-0.2, 0) is 13.0 Å². The molecule has 0 saturated heterocycles. The van der Waals surface area contributed by atoms with E-state index in [1.807, 2.05) is 11.3 Å². The molecule has 0 aliphatic carbocycles. The van der Waals surface area contributed by atoms with E-state index in [-0.39, 0.29) is 0 Å². The minimum absolute atomic E-state index is 0.707. The summed E-state index contributed by atoms with van der Waals surface area (Å²) >= 11 is 1.83. The predicted molar refractivity (Wildman–Crippen MR) is 68.0 cm³/mol. The highest BCUT2D eigenvalue weighted by Gasteiger charge is 2.19. The summed E-state index contributed by atoms with van der Waals surface area (Å²) in [7, 11) is 0. The normalized spacial score (nSPS) is 14.2. The van der Waals surface area contributed by atoms with Gasteiger partial charge in [-0.3, -0.25) is 4.98 Å². The predicted octanol–water partition coefficient (Wildman–Crippen LogP) is 2.58. The Morgan fingerprint density at radius 2 is 2.35 bits per heavy atom. The number of nitrogens with zero attached hydrogens (tertiary/aromatic N) is 3. The third-order valence-corrected chi connectivity index (χ3v) is 4.09. The number of anilines is 1. The van der Waals surface area contributed by atoms with Crippen LogP contribution in [0.15, 0.2) is 29.9 Å². The first-order valence-electron chi connectivity index (χ1n) is 5.53. The van der Waals surface area contributed by atoms with Gasteiger partial charge in [-0.2, -0.15) is 5.26 Å². The number of fused-ring (bicyclic) bond motifs is 1. The summed E-state index contributed by atoms with van der Waals surface area (Å²) in [6.07, 6.45) is 4.52. The molecule has 2 aromatic heterocycles. The summed E-state index contributed by atoms with van der Waals surface area (Å²) < 4.78 is 0. The molecular weight excluding hydrogens is 230 g/mol. The Morgan fingerprint density at radius 3 is 3.24 bits per heavy atom. The summed E-state index contributed by atoms with van der Waals surface area (Å²) in [4.78, 5) is 7.83. The highest BCUT2D eigenvalue weighted by atomic mass is 32.1. The number of nitriles is 1. The topological polar surface area (TPSA) is 39.9 Å². The van der Waals surface area contributed by atoms with Crippen LogP contribution in [0.1, 0.15) is 16.0 Å². The van der Waals surface area contributed by atoms with Crippen LogP contribution in [0.4, 0.5) is 5.69 Å².